The number of β-lactam (4-membered cyclic amide) rings is 1. The number of pyridine rings is 2. The van der Waals surface area contributed by atoms with Gasteiger partial charge >= 0.3 is 5.97 Å². The van der Waals surface area contributed by atoms with Crippen molar-refractivity contribution in [2.45, 2.75) is 51.0 Å². The second-order valence-corrected chi connectivity index (χ2v) is 9.35. The molecular formula is C27H30N4O3. The van der Waals surface area contributed by atoms with E-state index >= 15 is 0 Å². The molecule has 2 unspecified atom stereocenters. The van der Waals surface area contributed by atoms with Crippen molar-refractivity contribution in [3.8, 4) is 0 Å². The molecule has 0 bridgehead atoms. The minimum atomic E-state index is -0.915. The number of hydrogen-bond acceptors (Lipinski definition) is 5. The van der Waals surface area contributed by atoms with Gasteiger partial charge in [0.15, 0.2) is 0 Å². The molecule has 2 aliphatic heterocycles. The fourth-order valence-corrected chi connectivity index (χ4v) is 5.07. The highest BCUT2D eigenvalue weighted by Crippen LogP contribution is 2.35. The Morgan fingerprint density at radius 1 is 1.21 bits per heavy atom. The highest BCUT2D eigenvalue weighted by atomic mass is 16.4. The molecule has 1 saturated heterocycles. The van der Waals surface area contributed by atoms with Gasteiger partial charge in [-0.15, -0.1) is 0 Å². The topological polar surface area (TPSA) is 95.4 Å². The highest BCUT2D eigenvalue weighted by molar-refractivity contribution is 5.86. The van der Waals surface area contributed by atoms with Gasteiger partial charge in [0.2, 0.25) is 5.91 Å². The van der Waals surface area contributed by atoms with Crippen molar-refractivity contribution in [2.24, 2.45) is 5.92 Å². The van der Waals surface area contributed by atoms with Gasteiger partial charge in [-0.3, -0.25) is 14.6 Å². The van der Waals surface area contributed by atoms with E-state index in [0.717, 1.165) is 73.0 Å². The van der Waals surface area contributed by atoms with Crippen molar-refractivity contribution in [2.75, 3.05) is 18.4 Å². The van der Waals surface area contributed by atoms with Gasteiger partial charge in [-0.25, -0.2) is 4.98 Å². The van der Waals surface area contributed by atoms with Crippen LogP contribution in [0, 0.1) is 5.92 Å². The standard InChI is InChI=1S/C27H30N4O3/c32-25(33)15-24(21-14-19-6-2-4-10-23(19)29-16-21)31-17-20(27(31)34)7-1-3-9-22-12-11-18-8-5-13-28-26(18)30-22/h2,4,6,10-12,14,16,20,24H,1,3,5,7-9,13,15,17H2,(H,28,30)(H,32,33). The smallest absolute Gasteiger partial charge is 0.305 e. The normalized spacial score (nSPS) is 18.2. The van der Waals surface area contributed by atoms with Gasteiger partial charge in [-0.1, -0.05) is 30.7 Å². The first kappa shape index (κ1) is 22.3. The minimum absolute atomic E-state index is 0.0251. The number of para-hydroxylation sites is 1. The van der Waals surface area contributed by atoms with Crippen LogP contribution >= 0.6 is 0 Å². The van der Waals surface area contributed by atoms with E-state index < -0.39 is 12.0 Å². The summed E-state index contributed by atoms with van der Waals surface area (Å²) in [6, 6.07) is 13.5. The lowest BCUT2D eigenvalue weighted by Gasteiger charge is -2.43. The Bertz CT molecular complexity index is 1210. The number of nitrogens with one attached hydrogen (secondary N) is 1. The van der Waals surface area contributed by atoms with E-state index in [1.807, 2.05) is 30.3 Å². The third kappa shape index (κ3) is 4.74. The Balaban J connectivity index is 1.16. The van der Waals surface area contributed by atoms with Crippen LogP contribution in [0.5, 0.6) is 0 Å². The summed E-state index contributed by atoms with van der Waals surface area (Å²) in [7, 11) is 0. The van der Waals surface area contributed by atoms with E-state index in [2.05, 4.69) is 22.4 Å². The molecule has 5 rings (SSSR count). The maximum Gasteiger partial charge on any atom is 0.305 e. The highest BCUT2D eigenvalue weighted by Gasteiger charge is 2.41. The van der Waals surface area contributed by atoms with Crippen LogP contribution in [0.4, 0.5) is 5.82 Å². The van der Waals surface area contributed by atoms with E-state index in [1.165, 1.54) is 5.56 Å². The minimum Gasteiger partial charge on any atom is -0.481 e. The van der Waals surface area contributed by atoms with E-state index in [4.69, 9.17) is 4.98 Å². The Hall–Kier alpha value is -3.48. The van der Waals surface area contributed by atoms with Crippen molar-refractivity contribution < 1.29 is 14.7 Å². The summed E-state index contributed by atoms with van der Waals surface area (Å²) in [5.74, 6) is 0.140. The Morgan fingerprint density at radius 3 is 2.94 bits per heavy atom. The quantitative estimate of drug-likeness (QED) is 0.365. The number of carbonyl (C=O) groups is 2. The molecule has 7 nitrogen and oxygen atoms in total. The van der Waals surface area contributed by atoms with Gasteiger partial charge in [-0.05, 0) is 61.4 Å². The number of fused-ring (bicyclic) bond motifs is 2. The molecule has 0 radical (unpaired) electrons. The summed E-state index contributed by atoms with van der Waals surface area (Å²) in [5.41, 5.74) is 4.03. The largest absolute Gasteiger partial charge is 0.481 e. The molecule has 34 heavy (non-hydrogen) atoms. The predicted molar refractivity (Wildman–Crippen MR) is 131 cm³/mol. The number of aryl methyl sites for hydroxylation is 2. The van der Waals surface area contributed by atoms with E-state index in [0.29, 0.717) is 6.54 Å². The molecule has 4 heterocycles. The summed E-state index contributed by atoms with van der Waals surface area (Å²) in [4.78, 5) is 35.4. The van der Waals surface area contributed by atoms with Gasteiger partial charge in [0.25, 0.3) is 0 Å². The lowest BCUT2D eigenvalue weighted by molar-refractivity contribution is -0.154. The number of likely N-dealkylation sites (tertiary alicyclic amines) is 1. The fraction of sp³-hybridized carbons (Fsp3) is 0.407. The molecular weight excluding hydrogens is 428 g/mol. The Morgan fingerprint density at radius 2 is 2.09 bits per heavy atom. The number of amides is 1. The summed E-state index contributed by atoms with van der Waals surface area (Å²) < 4.78 is 0. The van der Waals surface area contributed by atoms with Gasteiger partial charge in [-0.2, -0.15) is 0 Å². The number of benzene rings is 1. The third-order valence-corrected chi connectivity index (χ3v) is 6.98. The first-order chi connectivity index (χ1) is 16.6. The molecule has 1 fully saturated rings. The number of nitrogens with zero attached hydrogens (tertiary/aromatic N) is 3. The molecule has 2 atom stereocenters. The van der Waals surface area contributed by atoms with Crippen LogP contribution in [0.1, 0.15) is 55.0 Å². The molecule has 2 aromatic heterocycles. The van der Waals surface area contributed by atoms with Gasteiger partial charge in [0.05, 0.1) is 23.9 Å². The number of aliphatic carboxylic acids is 1. The molecule has 7 heteroatoms. The zero-order valence-corrected chi connectivity index (χ0v) is 19.2. The van der Waals surface area contributed by atoms with E-state index in [9.17, 15) is 14.7 Å². The molecule has 1 amide bonds. The SMILES string of the molecule is O=C(O)CC(c1cnc2ccccc2c1)N1CC(CCCCc2ccc3c(n2)NCCC3)C1=O. The van der Waals surface area contributed by atoms with Crippen LogP contribution in [0.25, 0.3) is 10.9 Å². The second-order valence-electron chi connectivity index (χ2n) is 9.35. The maximum absolute atomic E-state index is 12.9. The third-order valence-electron chi connectivity index (χ3n) is 6.98. The molecule has 2 N–H and O–H groups in total. The van der Waals surface area contributed by atoms with E-state index in [1.54, 1.807) is 11.1 Å². The first-order valence-corrected chi connectivity index (χ1v) is 12.2. The van der Waals surface area contributed by atoms with Crippen molar-refractivity contribution in [1.82, 2.24) is 14.9 Å². The Kier molecular flexibility index (Phi) is 6.43. The summed E-state index contributed by atoms with van der Waals surface area (Å²) in [6.45, 7) is 1.59. The van der Waals surface area contributed by atoms with Crippen molar-refractivity contribution in [3.63, 3.8) is 0 Å². The number of unbranched alkanes of at least 4 members (excludes halogenated alkanes) is 1. The summed E-state index contributed by atoms with van der Waals surface area (Å²) in [5, 5.41) is 13.8. The molecule has 0 spiro atoms. The van der Waals surface area contributed by atoms with Crippen molar-refractivity contribution >= 4 is 28.6 Å². The van der Waals surface area contributed by atoms with Crippen molar-refractivity contribution in [3.05, 3.63) is 65.5 Å². The predicted octanol–water partition coefficient (Wildman–Crippen LogP) is 4.38. The molecule has 2 aliphatic rings. The Labute approximate surface area is 199 Å². The molecule has 0 aliphatic carbocycles. The van der Waals surface area contributed by atoms with Gasteiger partial charge in [0.1, 0.15) is 5.82 Å². The number of carboxylic acids is 1. The lowest BCUT2D eigenvalue weighted by Crippen LogP contribution is -2.54. The summed E-state index contributed by atoms with van der Waals surface area (Å²) in [6.07, 6.45) is 7.52. The van der Waals surface area contributed by atoms with Crippen LogP contribution in [0.2, 0.25) is 0 Å². The molecule has 1 aromatic carbocycles. The van der Waals surface area contributed by atoms with Gasteiger partial charge < -0.3 is 15.3 Å². The van der Waals surface area contributed by atoms with Crippen LogP contribution < -0.4 is 5.32 Å². The zero-order chi connectivity index (χ0) is 23.5. The van der Waals surface area contributed by atoms with Crippen molar-refractivity contribution in [1.29, 1.82) is 0 Å². The average molecular weight is 459 g/mol. The van der Waals surface area contributed by atoms with Crippen LogP contribution in [0.3, 0.4) is 0 Å². The average Bonchev–Trinajstić information content (AvgIpc) is 2.86. The lowest BCUT2D eigenvalue weighted by atomic mass is 9.88. The number of aromatic nitrogens is 2. The molecule has 3 aromatic rings. The van der Waals surface area contributed by atoms with E-state index in [-0.39, 0.29) is 18.2 Å². The number of hydrogen-bond donors (Lipinski definition) is 2. The zero-order valence-electron chi connectivity index (χ0n) is 19.2. The summed E-state index contributed by atoms with van der Waals surface area (Å²) >= 11 is 0. The maximum atomic E-state index is 12.9. The fourth-order valence-electron chi connectivity index (χ4n) is 5.07. The molecule has 176 valence electrons. The number of anilines is 1. The monoisotopic (exact) mass is 458 g/mol. The van der Waals surface area contributed by atoms with Gasteiger partial charge in [0, 0.05) is 30.4 Å². The second kappa shape index (κ2) is 9.79. The first-order valence-electron chi connectivity index (χ1n) is 12.2. The molecule has 0 saturated carbocycles. The van der Waals surface area contributed by atoms with Crippen LogP contribution in [-0.4, -0.2) is 44.9 Å². The number of carboxylic acid groups (broad SMARTS) is 1. The van der Waals surface area contributed by atoms with Crippen LogP contribution in [-0.2, 0) is 22.4 Å². The number of carbonyl (C=O) groups excluding carboxylic acids is 1. The van der Waals surface area contributed by atoms with Crippen LogP contribution in [0.15, 0.2) is 48.7 Å². The number of rotatable bonds is 9.